The van der Waals surface area contributed by atoms with Crippen LogP contribution in [0, 0.1) is 0 Å². The van der Waals surface area contributed by atoms with Crippen molar-refractivity contribution in [1.29, 1.82) is 0 Å². The van der Waals surface area contributed by atoms with Crippen LogP contribution in [0.15, 0.2) is 25.3 Å². The molecular formula is C10H12N8. The first-order chi connectivity index (χ1) is 8.93. The Morgan fingerprint density at radius 3 is 1.28 bits per heavy atom. The summed E-state index contributed by atoms with van der Waals surface area (Å²) in [6.45, 7) is 3.37. The molecule has 8 heteroatoms. The van der Waals surface area contributed by atoms with Gasteiger partial charge in [0.15, 0.2) is 0 Å². The SMILES string of the molecule is c1ncnc(N2CCN(c3ncncn3)CC2)n1. The number of piperazine rings is 1. The highest BCUT2D eigenvalue weighted by atomic mass is 15.4. The molecule has 92 valence electrons. The van der Waals surface area contributed by atoms with Crippen LogP contribution in [0.4, 0.5) is 11.9 Å². The zero-order valence-electron chi connectivity index (χ0n) is 9.72. The molecule has 0 spiro atoms. The molecule has 1 aliphatic heterocycles. The van der Waals surface area contributed by atoms with Gasteiger partial charge in [-0.1, -0.05) is 0 Å². The van der Waals surface area contributed by atoms with Crippen molar-refractivity contribution in [2.24, 2.45) is 0 Å². The highest BCUT2D eigenvalue weighted by Crippen LogP contribution is 2.12. The third-order valence-corrected chi connectivity index (χ3v) is 2.80. The molecule has 0 amide bonds. The van der Waals surface area contributed by atoms with Crippen LogP contribution in [-0.2, 0) is 0 Å². The highest BCUT2D eigenvalue weighted by Gasteiger charge is 2.20. The van der Waals surface area contributed by atoms with Gasteiger partial charge >= 0.3 is 0 Å². The van der Waals surface area contributed by atoms with Crippen LogP contribution in [0.5, 0.6) is 0 Å². The third kappa shape index (κ3) is 2.17. The van der Waals surface area contributed by atoms with Crippen LogP contribution in [0.1, 0.15) is 0 Å². The Morgan fingerprint density at radius 1 is 0.611 bits per heavy atom. The maximum atomic E-state index is 4.14. The van der Waals surface area contributed by atoms with Gasteiger partial charge in [-0.2, -0.15) is 0 Å². The van der Waals surface area contributed by atoms with Gasteiger partial charge in [-0.15, -0.1) is 0 Å². The van der Waals surface area contributed by atoms with E-state index in [-0.39, 0.29) is 0 Å². The average Bonchev–Trinajstić information content (AvgIpc) is 2.49. The van der Waals surface area contributed by atoms with E-state index in [1.807, 2.05) is 0 Å². The first-order valence-corrected chi connectivity index (χ1v) is 5.67. The van der Waals surface area contributed by atoms with Gasteiger partial charge in [-0.25, -0.2) is 29.9 Å². The van der Waals surface area contributed by atoms with E-state index in [4.69, 9.17) is 0 Å². The number of anilines is 2. The van der Waals surface area contributed by atoms with Crippen molar-refractivity contribution >= 4 is 11.9 Å². The second-order valence-corrected chi connectivity index (χ2v) is 3.85. The molecule has 0 N–H and O–H groups in total. The molecule has 1 fully saturated rings. The Hall–Kier alpha value is -2.38. The van der Waals surface area contributed by atoms with Crippen molar-refractivity contribution in [3.8, 4) is 0 Å². The summed E-state index contributed by atoms with van der Waals surface area (Å²) in [5, 5.41) is 0. The van der Waals surface area contributed by atoms with Crippen LogP contribution in [0.25, 0.3) is 0 Å². The summed E-state index contributed by atoms with van der Waals surface area (Å²) in [6, 6.07) is 0. The van der Waals surface area contributed by atoms with Crippen molar-refractivity contribution in [2.75, 3.05) is 36.0 Å². The first kappa shape index (κ1) is 10.8. The Kier molecular flexibility index (Phi) is 2.90. The topological polar surface area (TPSA) is 83.8 Å². The molecule has 2 aromatic heterocycles. The molecule has 3 rings (SSSR count). The smallest absolute Gasteiger partial charge is 0.228 e. The van der Waals surface area contributed by atoms with Gasteiger partial charge in [0.25, 0.3) is 0 Å². The zero-order valence-corrected chi connectivity index (χ0v) is 9.72. The quantitative estimate of drug-likeness (QED) is 0.691. The van der Waals surface area contributed by atoms with Crippen LogP contribution in [0.2, 0.25) is 0 Å². The monoisotopic (exact) mass is 244 g/mol. The van der Waals surface area contributed by atoms with E-state index in [2.05, 4.69) is 39.7 Å². The predicted molar refractivity (Wildman–Crippen MR) is 64.1 cm³/mol. The molecule has 0 aromatic carbocycles. The third-order valence-electron chi connectivity index (χ3n) is 2.80. The molecule has 0 bridgehead atoms. The minimum absolute atomic E-state index is 0.722. The second-order valence-electron chi connectivity index (χ2n) is 3.85. The van der Waals surface area contributed by atoms with Gasteiger partial charge in [-0.3, -0.25) is 0 Å². The maximum Gasteiger partial charge on any atom is 0.228 e. The fourth-order valence-electron chi connectivity index (χ4n) is 1.90. The predicted octanol–water partition coefficient (Wildman–Crippen LogP) is -0.617. The lowest BCUT2D eigenvalue weighted by Crippen LogP contribution is -2.47. The molecule has 0 radical (unpaired) electrons. The number of hydrogen-bond acceptors (Lipinski definition) is 8. The first-order valence-electron chi connectivity index (χ1n) is 5.67. The standard InChI is InChI=1S/C10H12N8/c1-2-18(10-15-7-12-8-16-10)4-3-17(1)9-13-5-11-6-14-9/h5-8H,1-4H2. The molecule has 0 unspecified atom stereocenters. The number of aromatic nitrogens is 6. The van der Waals surface area contributed by atoms with Crippen LogP contribution in [0.3, 0.4) is 0 Å². The summed E-state index contributed by atoms with van der Waals surface area (Å²) in [4.78, 5) is 28.5. The van der Waals surface area contributed by atoms with E-state index in [0.717, 1.165) is 38.1 Å². The molecule has 2 aromatic rings. The van der Waals surface area contributed by atoms with E-state index in [1.165, 1.54) is 25.3 Å². The van der Waals surface area contributed by atoms with Gasteiger partial charge in [-0.05, 0) is 0 Å². The van der Waals surface area contributed by atoms with E-state index in [9.17, 15) is 0 Å². The maximum absolute atomic E-state index is 4.14. The summed E-state index contributed by atoms with van der Waals surface area (Å²) < 4.78 is 0. The van der Waals surface area contributed by atoms with E-state index in [0.29, 0.717) is 0 Å². The van der Waals surface area contributed by atoms with Crippen LogP contribution >= 0.6 is 0 Å². The lowest BCUT2D eigenvalue weighted by atomic mass is 10.3. The van der Waals surface area contributed by atoms with E-state index in [1.54, 1.807) is 0 Å². The van der Waals surface area contributed by atoms with Gasteiger partial charge in [0.05, 0.1) is 0 Å². The minimum Gasteiger partial charge on any atom is -0.337 e. The molecule has 0 aliphatic carbocycles. The summed E-state index contributed by atoms with van der Waals surface area (Å²) in [5.74, 6) is 1.44. The van der Waals surface area contributed by atoms with Crippen molar-refractivity contribution in [1.82, 2.24) is 29.9 Å². The Morgan fingerprint density at radius 2 is 0.944 bits per heavy atom. The largest absolute Gasteiger partial charge is 0.337 e. The van der Waals surface area contributed by atoms with Gasteiger partial charge in [0, 0.05) is 26.2 Å². The molecule has 8 nitrogen and oxygen atoms in total. The van der Waals surface area contributed by atoms with Crippen LogP contribution < -0.4 is 9.80 Å². The van der Waals surface area contributed by atoms with Gasteiger partial charge < -0.3 is 9.80 Å². The second kappa shape index (κ2) is 4.86. The van der Waals surface area contributed by atoms with Gasteiger partial charge in [0.2, 0.25) is 11.9 Å². The summed E-state index contributed by atoms with van der Waals surface area (Å²) in [6.07, 6.45) is 6.06. The molecule has 3 heterocycles. The highest BCUT2D eigenvalue weighted by molar-refractivity contribution is 5.35. The lowest BCUT2D eigenvalue weighted by Gasteiger charge is -2.34. The van der Waals surface area contributed by atoms with E-state index < -0.39 is 0 Å². The lowest BCUT2D eigenvalue weighted by molar-refractivity contribution is 0.625. The fraction of sp³-hybridized carbons (Fsp3) is 0.400. The van der Waals surface area contributed by atoms with Crippen molar-refractivity contribution in [3.05, 3.63) is 25.3 Å². The molecule has 0 atom stereocenters. The Balaban J connectivity index is 1.65. The number of nitrogens with zero attached hydrogens (tertiary/aromatic N) is 8. The fourth-order valence-corrected chi connectivity index (χ4v) is 1.90. The summed E-state index contributed by atoms with van der Waals surface area (Å²) in [5.41, 5.74) is 0. The van der Waals surface area contributed by atoms with Gasteiger partial charge in [0.1, 0.15) is 25.3 Å². The summed E-state index contributed by atoms with van der Waals surface area (Å²) in [7, 11) is 0. The average molecular weight is 244 g/mol. The Bertz CT molecular complexity index is 434. The van der Waals surface area contributed by atoms with Crippen molar-refractivity contribution in [3.63, 3.8) is 0 Å². The molecule has 0 saturated carbocycles. The van der Waals surface area contributed by atoms with Crippen molar-refractivity contribution in [2.45, 2.75) is 0 Å². The van der Waals surface area contributed by atoms with Crippen LogP contribution in [-0.4, -0.2) is 56.1 Å². The molecule has 1 saturated heterocycles. The molecule has 1 aliphatic rings. The molecular weight excluding hydrogens is 232 g/mol. The van der Waals surface area contributed by atoms with E-state index >= 15 is 0 Å². The summed E-state index contributed by atoms with van der Waals surface area (Å²) >= 11 is 0. The number of rotatable bonds is 2. The molecule has 18 heavy (non-hydrogen) atoms. The normalized spacial score (nSPS) is 15.8. The zero-order chi connectivity index (χ0) is 12.2. The number of hydrogen-bond donors (Lipinski definition) is 0. The van der Waals surface area contributed by atoms with Crippen molar-refractivity contribution < 1.29 is 0 Å². The Labute approximate surface area is 104 Å². The minimum atomic E-state index is 0.722.